The summed E-state index contributed by atoms with van der Waals surface area (Å²) in [4.78, 5) is 24.6. The molecule has 0 saturated carbocycles. The number of nitrogens with one attached hydrogen (secondary N) is 1. The van der Waals surface area contributed by atoms with Crippen LogP contribution < -0.4 is 15.0 Å². The number of piperidine rings is 1. The van der Waals surface area contributed by atoms with Crippen molar-refractivity contribution in [2.24, 2.45) is 5.92 Å². The van der Waals surface area contributed by atoms with Crippen LogP contribution in [0.4, 0.5) is 11.4 Å². The van der Waals surface area contributed by atoms with Gasteiger partial charge in [-0.15, -0.1) is 0 Å². The van der Waals surface area contributed by atoms with Crippen molar-refractivity contribution >= 4 is 17.3 Å². The topological polar surface area (TPSA) is 84.7 Å². The van der Waals surface area contributed by atoms with Crippen LogP contribution in [0.15, 0.2) is 42.5 Å². The maximum atomic E-state index is 11.7. The number of nitro groups is 1. The number of para-hydroxylation sites is 1. The van der Waals surface area contributed by atoms with Crippen LogP contribution in [0, 0.1) is 23.0 Å². The Labute approximate surface area is 170 Å². The first-order valence-electron chi connectivity index (χ1n) is 9.96. The first-order valence-corrected chi connectivity index (χ1v) is 9.96. The van der Waals surface area contributed by atoms with E-state index in [2.05, 4.69) is 10.2 Å². The molecule has 1 aliphatic rings. The van der Waals surface area contributed by atoms with Crippen LogP contribution >= 0.6 is 0 Å². The van der Waals surface area contributed by atoms with Crippen LogP contribution in [-0.2, 0) is 4.79 Å². The molecule has 7 nitrogen and oxygen atoms in total. The Morgan fingerprint density at radius 1 is 1.28 bits per heavy atom. The highest BCUT2D eigenvalue weighted by Crippen LogP contribution is 2.40. The van der Waals surface area contributed by atoms with E-state index in [0.29, 0.717) is 29.6 Å². The predicted molar refractivity (Wildman–Crippen MR) is 113 cm³/mol. The SMILES string of the molecule is CC(=O)NCC[C@@H]1CCCN(c2c([N+](=O)[O-])ccc(Oc3ccccc3)c2C)C1. The highest BCUT2D eigenvalue weighted by molar-refractivity contribution is 5.73. The van der Waals surface area contributed by atoms with E-state index in [9.17, 15) is 14.9 Å². The Bertz CT molecular complexity index is 870. The fraction of sp³-hybridized carbons (Fsp3) is 0.409. The molecule has 0 aliphatic carbocycles. The summed E-state index contributed by atoms with van der Waals surface area (Å²) in [5.41, 5.74) is 1.50. The molecule has 1 amide bonds. The van der Waals surface area contributed by atoms with Gasteiger partial charge in [0.05, 0.1) is 4.92 Å². The molecule has 3 rings (SSSR count). The number of ether oxygens (including phenoxy) is 1. The minimum atomic E-state index is -0.324. The molecule has 0 unspecified atom stereocenters. The fourth-order valence-electron chi connectivity index (χ4n) is 3.90. The lowest BCUT2D eigenvalue weighted by molar-refractivity contribution is -0.384. The second-order valence-corrected chi connectivity index (χ2v) is 7.45. The van der Waals surface area contributed by atoms with E-state index in [4.69, 9.17) is 4.74 Å². The summed E-state index contributed by atoms with van der Waals surface area (Å²) in [7, 11) is 0. The standard InChI is InChI=1S/C22H27N3O4/c1-16-21(29-19-8-4-3-5-9-19)11-10-20(25(27)28)22(16)24-14-6-7-18(15-24)12-13-23-17(2)26/h3-5,8-11,18H,6-7,12-15H2,1-2H3,(H,23,26)/t18-/m0/s1. The molecule has 7 heteroatoms. The lowest BCUT2D eigenvalue weighted by atomic mass is 9.93. The van der Waals surface area contributed by atoms with Crippen LogP contribution in [0.5, 0.6) is 11.5 Å². The second kappa shape index (κ2) is 9.41. The number of anilines is 1. The number of nitro benzene ring substituents is 1. The largest absolute Gasteiger partial charge is 0.457 e. The number of amides is 1. The van der Waals surface area contributed by atoms with E-state index in [-0.39, 0.29) is 16.5 Å². The monoisotopic (exact) mass is 397 g/mol. The van der Waals surface area contributed by atoms with E-state index in [0.717, 1.165) is 37.9 Å². The molecule has 1 fully saturated rings. The van der Waals surface area contributed by atoms with E-state index in [1.165, 1.54) is 13.0 Å². The lowest BCUT2D eigenvalue weighted by Gasteiger charge is -2.35. The molecule has 2 aromatic carbocycles. The molecule has 2 aromatic rings. The summed E-state index contributed by atoms with van der Waals surface area (Å²) in [6.45, 7) is 5.52. The van der Waals surface area contributed by atoms with Gasteiger partial charge in [-0.25, -0.2) is 0 Å². The summed E-state index contributed by atoms with van der Waals surface area (Å²) in [5, 5.41) is 14.5. The maximum Gasteiger partial charge on any atom is 0.293 e. The molecule has 29 heavy (non-hydrogen) atoms. The predicted octanol–water partition coefficient (Wildman–Crippen LogP) is 4.44. The van der Waals surface area contributed by atoms with Crippen LogP contribution in [-0.4, -0.2) is 30.5 Å². The summed E-state index contributed by atoms with van der Waals surface area (Å²) >= 11 is 0. The van der Waals surface area contributed by atoms with Crippen molar-refractivity contribution < 1.29 is 14.5 Å². The molecule has 0 spiro atoms. The third-order valence-corrected chi connectivity index (χ3v) is 5.29. The minimum Gasteiger partial charge on any atom is -0.457 e. The van der Waals surface area contributed by atoms with E-state index in [1.807, 2.05) is 37.3 Å². The Morgan fingerprint density at radius 3 is 2.72 bits per heavy atom. The maximum absolute atomic E-state index is 11.7. The Morgan fingerprint density at radius 2 is 2.03 bits per heavy atom. The van der Waals surface area contributed by atoms with Gasteiger partial charge in [0.2, 0.25) is 5.91 Å². The smallest absolute Gasteiger partial charge is 0.293 e. The zero-order valence-electron chi connectivity index (χ0n) is 16.9. The van der Waals surface area contributed by atoms with Crippen molar-refractivity contribution in [1.82, 2.24) is 5.32 Å². The number of rotatable bonds is 7. The van der Waals surface area contributed by atoms with Gasteiger partial charge < -0.3 is 15.0 Å². The molecule has 1 saturated heterocycles. The van der Waals surface area contributed by atoms with E-state index in [1.54, 1.807) is 6.07 Å². The number of hydrogen-bond donors (Lipinski definition) is 1. The van der Waals surface area contributed by atoms with Crippen LogP contribution in [0.2, 0.25) is 0 Å². The van der Waals surface area contributed by atoms with E-state index < -0.39 is 0 Å². The van der Waals surface area contributed by atoms with Crippen molar-refractivity contribution in [2.75, 3.05) is 24.5 Å². The van der Waals surface area contributed by atoms with Gasteiger partial charge in [-0.1, -0.05) is 18.2 Å². The molecule has 1 atom stereocenters. The number of carbonyl (C=O) groups excluding carboxylic acids is 1. The molecule has 1 N–H and O–H groups in total. The molecule has 154 valence electrons. The third kappa shape index (κ3) is 5.25. The molecule has 0 bridgehead atoms. The Balaban J connectivity index is 1.84. The summed E-state index contributed by atoms with van der Waals surface area (Å²) in [6, 6.07) is 12.6. The normalized spacial score (nSPS) is 16.3. The molecule has 0 aromatic heterocycles. The van der Waals surface area contributed by atoms with Crippen LogP contribution in [0.3, 0.4) is 0 Å². The highest BCUT2D eigenvalue weighted by atomic mass is 16.6. The van der Waals surface area contributed by atoms with Gasteiger partial charge in [0.25, 0.3) is 5.69 Å². The first kappa shape index (κ1) is 20.6. The van der Waals surface area contributed by atoms with Crippen molar-refractivity contribution in [1.29, 1.82) is 0 Å². The fourth-order valence-corrected chi connectivity index (χ4v) is 3.90. The van der Waals surface area contributed by atoms with E-state index >= 15 is 0 Å². The van der Waals surface area contributed by atoms with Gasteiger partial charge >= 0.3 is 0 Å². The first-order chi connectivity index (χ1) is 14.0. The molecule has 1 heterocycles. The highest BCUT2D eigenvalue weighted by Gasteiger charge is 2.28. The average Bonchev–Trinajstić information content (AvgIpc) is 2.70. The zero-order valence-corrected chi connectivity index (χ0v) is 16.9. The summed E-state index contributed by atoms with van der Waals surface area (Å²) in [6.07, 6.45) is 2.89. The van der Waals surface area contributed by atoms with Gasteiger partial charge in [-0.2, -0.15) is 0 Å². The van der Waals surface area contributed by atoms with Gasteiger partial charge in [0.1, 0.15) is 17.2 Å². The van der Waals surface area contributed by atoms with Gasteiger partial charge in [-0.05, 0) is 50.3 Å². The third-order valence-electron chi connectivity index (χ3n) is 5.29. The molecular formula is C22H27N3O4. The van der Waals surface area contributed by atoms with Gasteiger partial charge in [-0.3, -0.25) is 14.9 Å². The second-order valence-electron chi connectivity index (χ2n) is 7.45. The summed E-state index contributed by atoms with van der Waals surface area (Å²) in [5.74, 6) is 1.67. The number of benzene rings is 2. The zero-order chi connectivity index (χ0) is 20.8. The number of hydrogen-bond acceptors (Lipinski definition) is 5. The number of carbonyl (C=O) groups is 1. The Hall–Kier alpha value is -3.09. The van der Waals surface area contributed by atoms with Crippen LogP contribution in [0.1, 0.15) is 31.7 Å². The van der Waals surface area contributed by atoms with Crippen molar-refractivity contribution in [2.45, 2.75) is 33.1 Å². The van der Waals surface area contributed by atoms with Crippen molar-refractivity contribution in [3.8, 4) is 11.5 Å². The average molecular weight is 397 g/mol. The number of nitrogens with zero attached hydrogens (tertiary/aromatic N) is 2. The molecule has 1 aliphatic heterocycles. The molecular weight excluding hydrogens is 370 g/mol. The quantitative estimate of drug-likeness (QED) is 0.552. The van der Waals surface area contributed by atoms with Crippen molar-refractivity contribution in [3.63, 3.8) is 0 Å². The lowest BCUT2D eigenvalue weighted by Crippen LogP contribution is -2.37. The summed E-state index contributed by atoms with van der Waals surface area (Å²) < 4.78 is 6.00. The Kier molecular flexibility index (Phi) is 6.69. The minimum absolute atomic E-state index is 0.0325. The van der Waals surface area contributed by atoms with Crippen molar-refractivity contribution in [3.05, 3.63) is 58.1 Å². The van der Waals surface area contributed by atoms with Gasteiger partial charge in [0, 0.05) is 38.2 Å². The van der Waals surface area contributed by atoms with Crippen LogP contribution in [0.25, 0.3) is 0 Å². The van der Waals surface area contributed by atoms with Gasteiger partial charge in [0.15, 0.2) is 0 Å². The molecule has 0 radical (unpaired) electrons.